The van der Waals surface area contributed by atoms with Gasteiger partial charge in [0.2, 0.25) is 5.89 Å². The minimum absolute atomic E-state index is 0.547. The second-order valence-electron chi connectivity index (χ2n) is 5.73. The van der Waals surface area contributed by atoms with E-state index >= 15 is 0 Å². The lowest BCUT2D eigenvalue weighted by Gasteiger charge is -2.32. The van der Waals surface area contributed by atoms with Crippen molar-refractivity contribution in [2.75, 3.05) is 7.11 Å². The number of hydrogen-bond donors (Lipinski definition) is 1. The number of aromatic nitrogens is 2. The normalized spacial score (nSPS) is 21.1. The summed E-state index contributed by atoms with van der Waals surface area (Å²) in [5.74, 6) is 2.16. The standard InChI is InChI=1S/C16H21N3O2/c1-3-4-14-18-15(19-21-14)16(17)8-7-11-5-6-13(20-2)9-12(11)10-16/h5-6,9H,3-4,7-8,10,17H2,1-2H3. The number of fused-ring (bicyclic) bond motifs is 1. The lowest BCUT2D eigenvalue weighted by atomic mass is 9.78. The first kappa shape index (κ1) is 14.1. The van der Waals surface area contributed by atoms with Crippen molar-refractivity contribution in [1.82, 2.24) is 10.1 Å². The molecule has 1 heterocycles. The van der Waals surface area contributed by atoms with Crippen LogP contribution < -0.4 is 10.5 Å². The van der Waals surface area contributed by atoms with Crippen molar-refractivity contribution in [3.8, 4) is 5.75 Å². The quantitative estimate of drug-likeness (QED) is 0.934. The minimum atomic E-state index is -0.547. The Kier molecular flexibility index (Phi) is 3.68. The van der Waals surface area contributed by atoms with E-state index in [1.807, 2.05) is 6.07 Å². The van der Waals surface area contributed by atoms with Gasteiger partial charge in [-0.25, -0.2) is 0 Å². The van der Waals surface area contributed by atoms with Gasteiger partial charge in [-0.15, -0.1) is 0 Å². The van der Waals surface area contributed by atoms with Crippen LogP contribution in [0, 0.1) is 0 Å². The number of hydrogen-bond acceptors (Lipinski definition) is 5. The molecule has 0 radical (unpaired) electrons. The zero-order valence-corrected chi connectivity index (χ0v) is 12.6. The van der Waals surface area contributed by atoms with E-state index in [4.69, 9.17) is 15.0 Å². The van der Waals surface area contributed by atoms with Crippen molar-refractivity contribution >= 4 is 0 Å². The Bertz CT molecular complexity index is 638. The minimum Gasteiger partial charge on any atom is -0.497 e. The molecule has 2 N–H and O–H groups in total. The van der Waals surface area contributed by atoms with Crippen LogP contribution >= 0.6 is 0 Å². The van der Waals surface area contributed by atoms with Gasteiger partial charge in [0.05, 0.1) is 12.6 Å². The Hall–Kier alpha value is -1.88. The van der Waals surface area contributed by atoms with Gasteiger partial charge in [0, 0.05) is 6.42 Å². The third kappa shape index (κ3) is 2.65. The molecule has 1 aliphatic rings. The molecule has 112 valence electrons. The van der Waals surface area contributed by atoms with Crippen molar-refractivity contribution < 1.29 is 9.26 Å². The number of benzene rings is 1. The summed E-state index contributed by atoms with van der Waals surface area (Å²) in [5, 5.41) is 4.10. The Balaban J connectivity index is 1.88. The molecule has 0 saturated heterocycles. The first-order valence-corrected chi connectivity index (χ1v) is 7.42. The molecule has 1 aliphatic carbocycles. The maximum absolute atomic E-state index is 6.57. The molecule has 1 atom stereocenters. The molecule has 3 rings (SSSR count). The second-order valence-corrected chi connectivity index (χ2v) is 5.73. The van der Waals surface area contributed by atoms with Crippen LogP contribution in [0.25, 0.3) is 0 Å². The van der Waals surface area contributed by atoms with Gasteiger partial charge in [-0.05, 0) is 48.9 Å². The van der Waals surface area contributed by atoms with E-state index in [9.17, 15) is 0 Å². The maximum Gasteiger partial charge on any atom is 0.226 e. The highest BCUT2D eigenvalue weighted by Gasteiger charge is 2.36. The molecule has 0 amide bonds. The highest BCUT2D eigenvalue weighted by molar-refractivity contribution is 5.39. The van der Waals surface area contributed by atoms with Crippen molar-refractivity contribution in [2.45, 2.75) is 44.6 Å². The predicted octanol–water partition coefficient (Wildman–Crippen LogP) is 2.37. The first-order chi connectivity index (χ1) is 10.1. The van der Waals surface area contributed by atoms with E-state index in [0.717, 1.165) is 31.4 Å². The van der Waals surface area contributed by atoms with E-state index in [2.05, 4.69) is 29.2 Å². The van der Waals surface area contributed by atoms with Gasteiger partial charge in [-0.2, -0.15) is 4.98 Å². The van der Waals surface area contributed by atoms with Crippen LogP contribution in [-0.2, 0) is 24.8 Å². The number of aryl methyl sites for hydroxylation is 2. The molecule has 1 unspecified atom stereocenters. The fraction of sp³-hybridized carbons (Fsp3) is 0.500. The van der Waals surface area contributed by atoms with Gasteiger partial charge in [0.1, 0.15) is 5.75 Å². The van der Waals surface area contributed by atoms with Gasteiger partial charge in [-0.3, -0.25) is 0 Å². The molecule has 0 bridgehead atoms. The topological polar surface area (TPSA) is 74.2 Å². The van der Waals surface area contributed by atoms with Crippen LogP contribution in [0.3, 0.4) is 0 Å². The van der Waals surface area contributed by atoms with Crippen LogP contribution in [0.2, 0.25) is 0 Å². The number of rotatable bonds is 4. The van der Waals surface area contributed by atoms with E-state index in [-0.39, 0.29) is 0 Å². The molecule has 5 heteroatoms. The number of ether oxygens (including phenoxy) is 1. The Morgan fingerprint density at radius 2 is 2.24 bits per heavy atom. The smallest absolute Gasteiger partial charge is 0.226 e. The molecule has 1 aromatic carbocycles. The highest BCUT2D eigenvalue weighted by Crippen LogP contribution is 2.34. The molecule has 0 spiro atoms. The summed E-state index contributed by atoms with van der Waals surface area (Å²) >= 11 is 0. The van der Waals surface area contributed by atoms with Crippen molar-refractivity contribution in [3.63, 3.8) is 0 Å². The largest absolute Gasteiger partial charge is 0.497 e. The van der Waals surface area contributed by atoms with Crippen LogP contribution in [0.4, 0.5) is 0 Å². The summed E-state index contributed by atoms with van der Waals surface area (Å²) in [6, 6.07) is 6.17. The fourth-order valence-corrected chi connectivity index (χ4v) is 2.89. The molecule has 5 nitrogen and oxygen atoms in total. The lowest BCUT2D eigenvalue weighted by molar-refractivity contribution is 0.324. The van der Waals surface area contributed by atoms with Crippen LogP contribution in [0.15, 0.2) is 22.7 Å². The molecule has 0 aliphatic heterocycles. The molecule has 2 aromatic rings. The summed E-state index contributed by atoms with van der Waals surface area (Å²) in [7, 11) is 1.68. The maximum atomic E-state index is 6.57. The van der Waals surface area contributed by atoms with E-state index < -0.39 is 5.54 Å². The zero-order valence-electron chi connectivity index (χ0n) is 12.6. The molecule has 0 fully saturated rings. The lowest BCUT2D eigenvalue weighted by Crippen LogP contribution is -2.43. The SMILES string of the molecule is CCCc1nc(C2(N)CCc3ccc(OC)cc3C2)no1. The molecule has 0 saturated carbocycles. The average molecular weight is 287 g/mol. The predicted molar refractivity (Wildman–Crippen MR) is 79.2 cm³/mol. The number of methoxy groups -OCH3 is 1. The fourth-order valence-electron chi connectivity index (χ4n) is 2.89. The third-order valence-electron chi connectivity index (χ3n) is 4.14. The van der Waals surface area contributed by atoms with Crippen molar-refractivity contribution in [3.05, 3.63) is 41.0 Å². The van der Waals surface area contributed by atoms with E-state index in [1.54, 1.807) is 7.11 Å². The van der Waals surface area contributed by atoms with E-state index in [0.29, 0.717) is 18.1 Å². The summed E-state index contributed by atoms with van der Waals surface area (Å²) in [4.78, 5) is 4.48. The highest BCUT2D eigenvalue weighted by atomic mass is 16.5. The average Bonchev–Trinajstić information content (AvgIpc) is 2.96. The van der Waals surface area contributed by atoms with Crippen LogP contribution in [0.5, 0.6) is 5.75 Å². The van der Waals surface area contributed by atoms with E-state index in [1.165, 1.54) is 11.1 Å². The van der Waals surface area contributed by atoms with Crippen molar-refractivity contribution in [1.29, 1.82) is 0 Å². The summed E-state index contributed by atoms with van der Waals surface area (Å²) < 4.78 is 10.6. The van der Waals surface area contributed by atoms with Gasteiger partial charge in [0.15, 0.2) is 5.82 Å². The summed E-state index contributed by atoms with van der Waals surface area (Å²) in [6.07, 6.45) is 4.25. The third-order valence-corrected chi connectivity index (χ3v) is 4.14. The molecular weight excluding hydrogens is 266 g/mol. The van der Waals surface area contributed by atoms with Gasteiger partial charge < -0.3 is 15.0 Å². The number of nitrogens with zero attached hydrogens (tertiary/aromatic N) is 2. The summed E-state index contributed by atoms with van der Waals surface area (Å²) in [5.41, 5.74) is 8.56. The number of nitrogens with two attached hydrogens (primary N) is 1. The van der Waals surface area contributed by atoms with Crippen LogP contribution in [0.1, 0.15) is 42.6 Å². The molecular formula is C16H21N3O2. The Morgan fingerprint density at radius 3 is 3.00 bits per heavy atom. The van der Waals surface area contributed by atoms with Crippen LogP contribution in [-0.4, -0.2) is 17.3 Å². The summed E-state index contributed by atoms with van der Waals surface area (Å²) in [6.45, 7) is 2.09. The monoisotopic (exact) mass is 287 g/mol. The van der Waals surface area contributed by atoms with Gasteiger partial charge >= 0.3 is 0 Å². The molecule has 1 aromatic heterocycles. The van der Waals surface area contributed by atoms with Crippen molar-refractivity contribution in [2.24, 2.45) is 5.73 Å². The Labute approximate surface area is 124 Å². The first-order valence-electron chi connectivity index (χ1n) is 7.42. The molecule has 21 heavy (non-hydrogen) atoms. The zero-order chi connectivity index (χ0) is 14.9. The van der Waals surface area contributed by atoms with Gasteiger partial charge in [0.25, 0.3) is 0 Å². The second kappa shape index (κ2) is 5.48. The Morgan fingerprint density at radius 1 is 1.38 bits per heavy atom. The van der Waals surface area contributed by atoms with Gasteiger partial charge in [-0.1, -0.05) is 18.1 Å².